The number of halogens is 1. The number of hydrogen-bond donors (Lipinski definition) is 0. The Balaban J connectivity index is 3.16. The molecule has 0 amide bonds. The normalized spacial score (nSPS) is 28.6. The lowest BCUT2D eigenvalue weighted by Crippen LogP contribution is -2.18. The second kappa shape index (κ2) is 4.66. The zero-order valence-electron chi connectivity index (χ0n) is 10.2. The SMILES string of the molecule is C=C(C)CC1=C(Cl)C(C)(C)OP1(=O)OCC. The van der Waals surface area contributed by atoms with Crippen LogP contribution >= 0.6 is 19.2 Å². The van der Waals surface area contributed by atoms with E-state index in [1.165, 1.54) is 0 Å². The molecule has 92 valence electrons. The van der Waals surface area contributed by atoms with Gasteiger partial charge in [0.25, 0.3) is 0 Å². The second-order valence-corrected chi connectivity index (χ2v) is 6.76. The molecule has 0 aromatic rings. The average molecular weight is 265 g/mol. The quantitative estimate of drug-likeness (QED) is 0.556. The molecule has 1 unspecified atom stereocenters. The second-order valence-electron chi connectivity index (χ2n) is 4.41. The molecule has 0 spiro atoms. The summed E-state index contributed by atoms with van der Waals surface area (Å²) in [6.45, 7) is 11.3. The third-order valence-electron chi connectivity index (χ3n) is 2.23. The van der Waals surface area contributed by atoms with E-state index in [9.17, 15) is 4.57 Å². The van der Waals surface area contributed by atoms with E-state index in [1.807, 2.05) is 6.92 Å². The third-order valence-corrected chi connectivity index (χ3v) is 5.38. The lowest BCUT2D eigenvalue weighted by atomic mass is 10.1. The van der Waals surface area contributed by atoms with Gasteiger partial charge in [-0.2, -0.15) is 0 Å². The Bertz CT molecular complexity index is 385. The molecule has 0 radical (unpaired) electrons. The molecule has 0 bridgehead atoms. The summed E-state index contributed by atoms with van der Waals surface area (Å²) in [6.07, 6.45) is 0.458. The highest BCUT2D eigenvalue weighted by atomic mass is 35.5. The van der Waals surface area contributed by atoms with Gasteiger partial charge in [-0.25, -0.2) is 0 Å². The zero-order valence-corrected chi connectivity index (χ0v) is 11.8. The summed E-state index contributed by atoms with van der Waals surface area (Å²) < 4.78 is 23.2. The van der Waals surface area contributed by atoms with Crippen LogP contribution in [0, 0.1) is 0 Å². The fourth-order valence-electron chi connectivity index (χ4n) is 1.60. The van der Waals surface area contributed by atoms with Crippen LogP contribution in [0.5, 0.6) is 0 Å². The van der Waals surface area contributed by atoms with E-state index >= 15 is 0 Å². The molecule has 0 saturated heterocycles. The Hall–Kier alpha value is -0.0800. The zero-order chi connectivity index (χ0) is 12.6. The smallest absolute Gasteiger partial charge is 0.306 e. The van der Waals surface area contributed by atoms with E-state index in [4.69, 9.17) is 20.6 Å². The summed E-state index contributed by atoms with van der Waals surface area (Å²) in [5.74, 6) is 0. The van der Waals surface area contributed by atoms with Crippen LogP contribution in [0.25, 0.3) is 0 Å². The summed E-state index contributed by atoms with van der Waals surface area (Å²) in [4.78, 5) is 0. The Morgan fingerprint density at radius 1 is 1.62 bits per heavy atom. The van der Waals surface area contributed by atoms with Gasteiger partial charge in [-0.3, -0.25) is 9.09 Å². The molecule has 1 heterocycles. The van der Waals surface area contributed by atoms with Gasteiger partial charge in [0.05, 0.1) is 17.0 Å². The largest absolute Gasteiger partial charge is 0.359 e. The monoisotopic (exact) mass is 264 g/mol. The lowest BCUT2D eigenvalue weighted by Gasteiger charge is -2.20. The Kier molecular flexibility index (Phi) is 4.07. The molecule has 0 aromatic carbocycles. The molecule has 16 heavy (non-hydrogen) atoms. The highest BCUT2D eigenvalue weighted by Crippen LogP contribution is 2.68. The fraction of sp³-hybridized carbons (Fsp3) is 0.636. The van der Waals surface area contributed by atoms with Crippen LogP contribution in [-0.4, -0.2) is 12.2 Å². The van der Waals surface area contributed by atoms with Crippen LogP contribution in [0.4, 0.5) is 0 Å². The molecule has 0 aliphatic carbocycles. The molecular weight excluding hydrogens is 247 g/mol. The third kappa shape index (κ3) is 2.60. The van der Waals surface area contributed by atoms with Gasteiger partial charge in [0, 0.05) is 6.42 Å². The van der Waals surface area contributed by atoms with E-state index in [1.54, 1.807) is 20.8 Å². The first-order chi connectivity index (χ1) is 7.23. The van der Waals surface area contributed by atoms with Crippen molar-refractivity contribution >= 4 is 19.2 Å². The first-order valence-corrected chi connectivity index (χ1v) is 7.14. The van der Waals surface area contributed by atoms with E-state index in [-0.39, 0.29) is 0 Å². The fourth-order valence-corrected chi connectivity index (χ4v) is 4.39. The van der Waals surface area contributed by atoms with Gasteiger partial charge in [-0.15, -0.1) is 0 Å². The number of hydrogen-bond acceptors (Lipinski definition) is 3. The molecule has 0 saturated carbocycles. The molecule has 3 nitrogen and oxygen atoms in total. The first kappa shape index (κ1) is 14.0. The van der Waals surface area contributed by atoms with Crippen molar-refractivity contribution in [1.29, 1.82) is 0 Å². The minimum atomic E-state index is -3.22. The van der Waals surface area contributed by atoms with Crippen LogP contribution in [0.15, 0.2) is 22.5 Å². The van der Waals surface area contributed by atoms with E-state index < -0.39 is 13.2 Å². The van der Waals surface area contributed by atoms with Crippen molar-refractivity contribution in [2.75, 3.05) is 6.61 Å². The minimum absolute atomic E-state index is 0.331. The van der Waals surface area contributed by atoms with E-state index in [2.05, 4.69) is 6.58 Å². The van der Waals surface area contributed by atoms with Crippen LogP contribution in [0.3, 0.4) is 0 Å². The van der Waals surface area contributed by atoms with Crippen molar-refractivity contribution < 1.29 is 13.6 Å². The van der Waals surface area contributed by atoms with Crippen molar-refractivity contribution in [3.63, 3.8) is 0 Å². The first-order valence-electron chi connectivity index (χ1n) is 5.22. The van der Waals surface area contributed by atoms with E-state index in [0.717, 1.165) is 5.57 Å². The van der Waals surface area contributed by atoms with Gasteiger partial charge in [-0.05, 0) is 27.7 Å². The summed E-state index contributed by atoms with van der Waals surface area (Å²) in [5.41, 5.74) is 0.145. The predicted octanol–water partition coefficient (Wildman–Crippen LogP) is 4.44. The van der Waals surface area contributed by atoms with Gasteiger partial charge in [0.1, 0.15) is 5.60 Å². The topological polar surface area (TPSA) is 35.5 Å². The molecule has 1 rings (SSSR count). The van der Waals surface area contributed by atoms with Crippen LogP contribution < -0.4 is 0 Å². The van der Waals surface area contributed by atoms with Crippen molar-refractivity contribution in [3.8, 4) is 0 Å². The highest BCUT2D eigenvalue weighted by molar-refractivity contribution is 7.59. The molecule has 1 aliphatic rings. The maximum Gasteiger partial charge on any atom is 0.359 e. The Morgan fingerprint density at radius 2 is 2.19 bits per heavy atom. The van der Waals surface area contributed by atoms with Gasteiger partial charge in [-0.1, -0.05) is 23.8 Å². The molecule has 5 heteroatoms. The average Bonchev–Trinajstić information content (AvgIpc) is 2.25. The molecule has 0 aromatic heterocycles. The Morgan fingerprint density at radius 3 is 2.62 bits per heavy atom. The minimum Gasteiger partial charge on any atom is -0.306 e. The molecule has 1 atom stereocenters. The maximum absolute atomic E-state index is 12.5. The highest BCUT2D eigenvalue weighted by Gasteiger charge is 2.48. The van der Waals surface area contributed by atoms with Crippen LogP contribution in [-0.2, 0) is 13.6 Å². The van der Waals surface area contributed by atoms with Crippen molar-refractivity contribution in [2.24, 2.45) is 0 Å². The van der Waals surface area contributed by atoms with Crippen LogP contribution in [0.1, 0.15) is 34.1 Å². The van der Waals surface area contributed by atoms with Crippen molar-refractivity contribution in [2.45, 2.75) is 39.7 Å². The summed E-state index contributed by atoms with van der Waals surface area (Å²) in [6, 6.07) is 0. The summed E-state index contributed by atoms with van der Waals surface area (Å²) in [5, 5.41) is 1.03. The molecule has 1 aliphatic heterocycles. The van der Waals surface area contributed by atoms with Crippen LogP contribution in [0.2, 0.25) is 0 Å². The van der Waals surface area contributed by atoms with Gasteiger partial charge >= 0.3 is 7.60 Å². The molecular formula is C11H18ClO3P. The molecule has 0 fully saturated rings. The van der Waals surface area contributed by atoms with Crippen molar-refractivity contribution in [1.82, 2.24) is 0 Å². The maximum atomic E-state index is 12.5. The lowest BCUT2D eigenvalue weighted by molar-refractivity contribution is 0.133. The number of rotatable bonds is 4. The molecule has 0 N–H and O–H groups in total. The summed E-state index contributed by atoms with van der Waals surface area (Å²) >= 11 is 6.20. The summed E-state index contributed by atoms with van der Waals surface area (Å²) in [7, 11) is -3.22. The van der Waals surface area contributed by atoms with Gasteiger partial charge in [0.2, 0.25) is 0 Å². The number of allylic oxidation sites excluding steroid dienone is 2. The Labute approximate surface area is 102 Å². The van der Waals surface area contributed by atoms with Gasteiger partial charge in [0.15, 0.2) is 0 Å². The standard InChI is InChI=1S/C11H18ClO3P/c1-6-14-16(13)9(7-8(2)3)10(12)11(4,5)15-16/h2,6-7H2,1,3-5H3. The van der Waals surface area contributed by atoms with Gasteiger partial charge < -0.3 is 4.52 Å². The van der Waals surface area contributed by atoms with E-state index in [0.29, 0.717) is 23.4 Å². The predicted molar refractivity (Wildman–Crippen MR) is 66.7 cm³/mol. The van der Waals surface area contributed by atoms with Crippen molar-refractivity contribution in [3.05, 3.63) is 22.5 Å².